The van der Waals surface area contributed by atoms with E-state index in [2.05, 4.69) is 58.2 Å². The van der Waals surface area contributed by atoms with E-state index < -0.39 is 0 Å². The summed E-state index contributed by atoms with van der Waals surface area (Å²) in [6.07, 6.45) is 32.7. The van der Waals surface area contributed by atoms with E-state index in [9.17, 15) is 0 Å². The van der Waals surface area contributed by atoms with Gasteiger partial charge in [-0.15, -0.1) is 0 Å². The van der Waals surface area contributed by atoms with E-state index in [4.69, 9.17) is 0 Å². The Kier molecular flexibility index (Phi) is 18.8. The molecule has 0 heterocycles. The first-order valence-corrected chi connectivity index (χ1v) is 17.5. The van der Waals surface area contributed by atoms with Crippen molar-refractivity contribution in [2.75, 3.05) is 0 Å². The van der Waals surface area contributed by atoms with Crippen molar-refractivity contribution in [3.8, 4) is 0 Å². The van der Waals surface area contributed by atoms with E-state index in [1.807, 2.05) is 0 Å². The fourth-order valence-electron chi connectivity index (χ4n) is 8.03. The molecule has 0 N–H and O–H groups in total. The predicted molar refractivity (Wildman–Crippen MR) is 180 cm³/mol. The number of allylic oxidation sites excluding steroid dienone is 2. The summed E-state index contributed by atoms with van der Waals surface area (Å²) in [7, 11) is 7.97. The lowest BCUT2D eigenvalue weighted by atomic mass is 9.44. The SMILES string of the molecule is BC1CCCCCCCCCCCCCCCC(B)(/C(C)=C(\CC)CCC)CCCC1(B)C(CC)CC. The van der Waals surface area contributed by atoms with Crippen LogP contribution in [0.25, 0.3) is 0 Å². The van der Waals surface area contributed by atoms with Gasteiger partial charge in [0.05, 0.1) is 0 Å². The standard InChI is InChI=1S/C34H69B3/c1-6-24-30(7-2)29(5)33(36)26-22-20-18-16-14-12-10-11-13-15-17-19-21-25-32(35)34(37,28-23-27-33)31(8-3)9-4/h31-32H,6-28,35-37H2,1-5H3/b30-29+. The van der Waals surface area contributed by atoms with Crippen LogP contribution in [0.4, 0.5) is 0 Å². The summed E-state index contributed by atoms with van der Waals surface area (Å²) < 4.78 is 0. The van der Waals surface area contributed by atoms with Gasteiger partial charge in [-0.3, -0.25) is 0 Å². The molecule has 1 aliphatic rings. The average molecular weight is 510 g/mol. The van der Waals surface area contributed by atoms with Crippen LogP contribution in [0.1, 0.15) is 182 Å². The van der Waals surface area contributed by atoms with Crippen molar-refractivity contribution in [1.29, 1.82) is 0 Å². The van der Waals surface area contributed by atoms with Crippen molar-refractivity contribution in [2.24, 2.45) is 5.92 Å². The van der Waals surface area contributed by atoms with Crippen LogP contribution in [0.3, 0.4) is 0 Å². The molecule has 0 radical (unpaired) electrons. The molecule has 214 valence electrons. The van der Waals surface area contributed by atoms with Crippen LogP contribution in [0.15, 0.2) is 11.1 Å². The first-order chi connectivity index (χ1) is 17.8. The van der Waals surface area contributed by atoms with Gasteiger partial charge in [-0.1, -0.05) is 185 Å². The van der Waals surface area contributed by atoms with Crippen LogP contribution in [0, 0.1) is 5.92 Å². The molecule has 0 aromatic rings. The molecule has 3 unspecified atom stereocenters. The lowest BCUT2D eigenvalue weighted by molar-refractivity contribution is 0.279. The lowest BCUT2D eigenvalue weighted by Gasteiger charge is -2.44. The molecule has 3 atom stereocenters. The number of hydrogen-bond acceptors (Lipinski definition) is 0. The third kappa shape index (κ3) is 12.3. The second-order valence-electron chi connectivity index (χ2n) is 13.8. The van der Waals surface area contributed by atoms with E-state index in [0.717, 1.165) is 11.7 Å². The summed E-state index contributed by atoms with van der Waals surface area (Å²) in [6.45, 7) is 12.2. The van der Waals surface area contributed by atoms with Gasteiger partial charge in [0.25, 0.3) is 0 Å². The van der Waals surface area contributed by atoms with Gasteiger partial charge < -0.3 is 0 Å². The summed E-state index contributed by atoms with van der Waals surface area (Å²) in [4.78, 5) is 0. The van der Waals surface area contributed by atoms with E-state index in [0.29, 0.717) is 10.6 Å². The summed E-state index contributed by atoms with van der Waals surface area (Å²) in [5, 5.41) is 0.898. The van der Waals surface area contributed by atoms with Crippen LogP contribution in [-0.2, 0) is 0 Å². The Hall–Kier alpha value is -0.0652. The van der Waals surface area contributed by atoms with Crippen molar-refractivity contribution < 1.29 is 0 Å². The minimum atomic E-state index is 0.400. The Labute approximate surface area is 239 Å². The molecule has 1 fully saturated rings. The Bertz CT molecular complexity index is 596. The molecule has 3 heteroatoms. The summed E-state index contributed by atoms with van der Waals surface area (Å²) in [6, 6.07) is 0. The predicted octanol–water partition coefficient (Wildman–Crippen LogP) is 9.99. The van der Waals surface area contributed by atoms with E-state index >= 15 is 0 Å². The largest absolute Gasteiger partial charge is 0.114 e. The Morgan fingerprint density at radius 2 is 1.14 bits per heavy atom. The van der Waals surface area contributed by atoms with Gasteiger partial charge in [-0.2, -0.15) is 0 Å². The fraction of sp³-hybridized carbons (Fsp3) is 0.941. The van der Waals surface area contributed by atoms with Crippen molar-refractivity contribution in [2.45, 2.75) is 199 Å². The van der Waals surface area contributed by atoms with Gasteiger partial charge in [0.1, 0.15) is 23.5 Å². The van der Waals surface area contributed by atoms with Crippen molar-refractivity contribution in [3.05, 3.63) is 11.1 Å². The molecule has 1 aliphatic carbocycles. The van der Waals surface area contributed by atoms with Crippen molar-refractivity contribution in [3.63, 3.8) is 0 Å². The highest BCUT2D eigenvalue weighted by Gasteiger charge is 2.37. The highest BCUT2D eigenvalue weighted by Crippen LogP contribution is 2.54. The molecule has 0 bridgehead atoms. The molecule has 0 saturated heterocycles. The van der Waals surface area contributed by atoms with Gasteiger partial charge >= 0.3 is 0 Å². The Morgan fingerprint density at radius 3 is 1.59 bits per heavy atom. The molecule has 0 spiro atoms. The fourth-order valence-corrected chi connectivity index (χ4v) is 8.03. The van der Waals surface area contributed by atoms with Crippen LogP contribution in [0.5, 0.6) is 0 Å². The summed E-state index contributed by atoms with van der Waals surface area (Å²) >= 11 is 0. The third-order valence-electron chi connectivity index (χ3n) is 11.3. The van der Waals surface area contributed by atoms with E-state index in [1.165, 1.54) is 148 Å². The zero-order valence-electron chi connectivity index (χ0n) is 27.4. The molecule has 37 heavy (non-hydrogen) atoms. The molecular weight excluding hydrogens is 441 g/mol. The molecule has 0 aromatic heterocycles. The maximum Gasteiger partial charge on any atom is 0.114 e. The highest BCUT2D eigenvalue weighted by molar-refractivity contribution is 6.24. The zero-order valence-corrected chi connectivity index (χ0v) is 27.4. The highest BCUT2D eigenvalue weighted by atomic mass is 14.4. The first kappa shape index (κ1) is 35.0. The normalized spacial score (nSPS) is 29.8. The smallest absolute Gasteiger partial charge is 0.0760 e. The van der Waals surface area contributed by atoms with Crippen molar-refractivity contribution >= 4 is 23.5 Å². The molecule has 0 nitrogen and oxygen atoms in total. The van der Waals surface area contributed by atoms with E-state index in [-0.39, 0.29) is 0 Å². The topological polar surface area (TPSA) is 0 Å². The average Bonchev–Trinajstić information content (AvgIpc) is 2.89. The van der Waals surface area contributed by atoms with Gasteiger partial charge in [0.15, 0.2) is 0 Å². The third-order valence-corrected chi connectivity index (χ3v) is 11.3. The maximum atomic E-state index is 2.69. The zero-order chi connectivity index (χ0) is 27.6. The van der Waals surface area contributed by atoms with Gasteiger partial charge in [0.2, 0.25) is 0 Å². The summed E-state index contributed by atoms with van der Waals surface area (Å²) in [5.74, 6) is 1.72. The van der Waals surface area contributed by atoms with Crippen LogP contribution in [-0.4, -0.2) is 23.5 Å². The molecule has 0 aliphatic heterocycles. The lowest BCUT2D eigenvalue weighted by Crippen LogP contribution is -2.29. The van der Waals surface area contributed by atoms with Crippen LogP contribution < -0.4 is 0 Å². The minimum Gasteiger partial charge on any atom is -0.0760 e. The van der Waals surface area contributed by atoms with Gasteiger partial charge in [-0.05, 0) is 31.0 Å². The molecule has 0 amide bonds. The van der Waals surface area contributed by atoms with Crippen LogP contribution >= 0.6 is 0 Å². The maximum absolute atomic E-state index is 2.69. The number of rotatable bonds is 7. The van der Waals surface area contributed by atoms with Gasteiger partial charge in [0, 0.05) is 0 Å². The second-order valence-corrected chi connectivity index (χ2v) is 13.8. The monoisotopic (exact) mass is 511 g/mol. The number of hydrogen-bond donors (Lipinski definition) is 0. The minimum absolute atomic E-state index is 0.400. The van der Waals surface area contributed by atoms with Crippen LogP contribution in [0.2, 0.25) is 16.4 Å². The molecule has 1 rings (SSSR count). The molecular formula is C34H69B3. The summed E-state index contributed by atoms with van der Waals surface area (Å²) in [5.41, 5.74) is 3.54. The Morgan fingerprint density at radius 1 is 0.676 bits per heavy atom. The molecule has 0 aromatic carbocycles. The van der Waals surface area contributed by atoms with Gasteiger partial charge in [-0.25, -0.2) is 0 Å². The van der Waals surface area contributed by atoms with E-state index in [1.54, 1.807) is 11.1 Å². The first-order valence-electron chi connectivity index (χ1n) is 17.5. The molecule has 1 saturated carbocycles. The Balaban J connectivity index is 3.08. The quantitative estimate of drug-likeness (QED) is 0.236. The second kappa shape index (κ2) is 19.9. The van der Waals surface area contributed by atoms with Crippen molar-refractivity contribution in [1.82, 2.24) is 0 Å².